The van der Waals surface area contributed by atoms with E-state index in [1.807, 2.05) is 60.7 Å². The minimum absolute atomic E-state index is 0.0597. The summed E-state index contributed by atoms with van der Waals surface area (Å²) in [4.78, 5) is 16.7. The van der Waals surface area contributed by atoms with Crippen molar-refractivity contribution in [3.63, 3.8) is 0 Å². The summed E-state index contributed by atoms with van der Waals surface area (Å²) in [5.74, 6) is -0.0183. The van der Waals surface area contributed by atoms with E-state index in [1.54, 1.807) is 5.06 Å². The molecule has 0 aromatic heterocycles. The van der Waals surface area contributed by atoms with Crippen LogP contribution in [0.2, 0.25) is 0 Å². The van der Waals surface area contributed by atoms with Gasteiger partial charge in [0.2, 0.25) is 0 Å². The molecule has 112 valence electrons. The Bertz CT molecular complexity index is 628. The Morgan fingerprint density at radius 2 is 1.59 bits per heavy atom. The van der Waals surface area contributed by atoms with Crippen LogP contribution in [-0.4, -0.2) is 29.2 Å². The summed E-state index contributed by atoms with van der Waals surface area (Å²) >= 11 is 0. The van der Waals surface area contributed by atoms with Gasteiger partial charge in [0.15, 0.2) is 5.76 Å². The Balaban J connectivity index is 1.90. The van der Waals surface area contributed by atoms with Crippen LogP contribution in [0.5, 0.6) is 0 Å². The maximum atomic E-state index is 10.8. The van der Waals surface area contributed by atoms with Gasteiger partial charge in [-0.2, -0.15) is 0 Å². The molecule has 0 saturated heterocycles. The summed E-state index contributed by atoms with van der Waals surface area (Å²) in [5, 5.41) is 10.6. The van der Waals surface area contributed by atoms with E-state index in [9.17, 15) is 4.79 Å². The Labute approximate surface area is 129 Å². The lowest BCUT2D eigenvalue weighted by Gasteiger charge is -2.14. The SMILES string of the molecule is O=C(O)CCN1CC(c2ccccc2)=C(c2ccccc2)O1. The first-order valence-electron chi connectivity index (χ1n) is 7.23. The van der Waals surface area contributed by atoms with Crippen LogP contribution >= 0.6 is 0 Å². The maximum Gasteiger partial charge on any atom is 0.304 e. The molecule has 0 saturated carbocycles. The third-order valence-corrected chi connectivity index (χ3v) is 3.56. The van der Waals surface area contributed by atoms with E-state index in [4.69, 9.17) is 9.94 Å². The van der Waals surface area contributed by atoms with E-state index in [-0.39, 0.29) is 6.42 Å². The summed E-state index contributed by atoms with van der Waals surface area (Å²) in [6.45, 7) is 0.948. The van der Waals surface area contributed by atoms with E-state index in [2.05, 4.69) is 0 Å². The summed E-state index contributed by atoms with van der Waals surface area (Å²) < 4.78 is 0. The quantitative estimate of drug-likeness (QED) is 0.919. The number of rotatable bonds is 5. The zero-order valence-corrected chi connectivity index (χ0v) is 12.1. The predicted molar refractivity (Wildman–Crippen MR) is 84.6 cm³/mol. The molecule has 2 aromatic carbocycles. The van der Waals surface area contributed by atoms with Crippen LogP contribution < -0.4 is 0 Å². The van der Waals surface area contributed by atoms with Gasteiger partial charge in [-0.3, -0.25) is 4.79 Å². The third kappa shape index (κ3) is 3.18. The molecule has 22 heavy (non-hydrogen) atoms. The molecular formula is C18H17NO3. The number of aliphatic carboxylic acids is 1. The molecule has 1 heterocycles. The first-order valence-corrected chi connectivity index (χ1v) is 7.23. The fourth-order valence-corrected chi connectivity index (χ4v) is 2.49. The minimum Gasteiger partial charge on any atom is -0.481 e. The number of nitrogens with zero attached hydrogens (tertiary/aromatic N) is 1. The van der Waals surface area contributed by atoms with Crippen molar-refractivity contribution in [2.75, 3.05) is 13.1 Å². The zero-order chi connectivity index (χ0) is 15.4. The standard InChI is InChI=1S/C18H17NO3/c20-17(21)11-12-19-13-16(14-7-3-1-4-8-14)18(22-19)15-9-5-2-6-10-15/h1-10H,11-13H2,(H,20,21). The highest BCUT2D eigenvalue weighted by molar-refractivity contribution is 5.89. The summed E-state index contributed by atoms with van der Waals surface area (Å²) in [7, 11) is 0. The molecule has 1 aliphatic heterocycles. The van der Waals surface area contributed by atoms with Gasteiger partial charge in [-0.05, 0) is 5.56 Å². The van der Waals surface area contributed by atoms with Gasteiger partial charge in [0.25, 0.3) is 0 Å². The number of hydrogen-bond acceptors (Lipinski definition) is 3. The van der Waals surface area contributed by atoms with E-state index in [1.165, 1.54) is 0 Å². The van der Waals surface area contributed by atoms with Crippen molar-refractivity contribution < 1.29 is 14.7 Å². The molecule has 0 spiro atoms. The van der Waals surface area contributed by atoms with E-state index in [0.717, 1.165) is 22.5 Å². The monoisotopic (exact) mass is 295 g/mol. The van der Waals surface area contributed by atoms with Gasteiger partial charge in [0.1, 0.15) is 0 Å². The van der Waals surface area contributed by atoms with Gasteiger partial charge in [-0.1, -0.05) is 60.7 Å². The topological polar surface area (TPSA) is 49.8 Å². The average Bonchev–Trinajstić information content (AvgIpc) is 2.99. The van der Waals surface area contributed by atoms with Crippen molar-refractivity contribution in [2.45, 2.75) is 6.42 Å². The van der Waals surface area contributed by atoms with Gasteiger partial charge in [0, 0.05) is 17.7 Å². The van der Waals surface area contributed by atoms with Crippen molar-refractivity contribution in [1.82, 2.24) is 5.06 Å². The molecule has 4 nitrogen and oxygen atoms in total. The normalized spacial score (nSPS) is 14.9. The number of hydroxylamine groups is 2. The molecule has 0 fully saturated rings. The van der Waals surface area contributed by atoms with Gasteiger partial charge in [-0.15, -0.1) is 5.06 Å². The number of carbonyl (C=O) groups is 1. The van der Waals surface area contributed by atoms with E-state index >= 15 is 0 Å². The van der Waals surface area contributed by atoms with Crippen molar-refractivity contribution in [3.05, 3.63) is 71.8 Å². The van der Waals surface area contributed by atoms with Crippen LogP contribution in [0.4, 0.5) is 0 Å². The smallest absolute Gasteiger partial charge is 0.304 e. The van der Waals surface area contributed by atoms with Gasteiger partial charge >= 0.3 is 5.97 Å². The van der Waals surface area contributed by atoms with Crippen molar-refractivity contribution in [3.8, 4) is 0 Å². The highest BCUT2D eigenvalue weighted by atomic mass is 16.7. The largest absolute Gasteiger partial charge is 0.481 e. The van der Waals surface area contributed by atoms with Gasteiger partial charge in [-0.25, -0.2) is 0 Å². The van der Waals surface area contributed by atoms with E-state index in [0.29, 0.717) is 13.1 Å². The van der Waals surface area contributed by atoms with Crippen LogP contribution in [-0.2, 0) is 9.63 Å². The molecule has 1 N–H and O–H groups in total. The predicted octanol–water partition coefficient (Wildman–Crippen LogP) is 3.28. The Kier molecular flexibility index (Phi) is 4.21. The number of carboxylic acids is 1. The molecule has 0 unspecified atom stereocenters. The van der Waals surface area contributed by atoms with Crippen LogP contribution in [0.15, 0.2) is 60.7 Å². The molecular weight excluding hydrogens is 278 g/mol. The summed E-state index contributed by atoms with van der Waals surface area (Å²) in [6.07, 6.45) is 0.0597. The molecule has 3 rings (SSSR count). The van der Waals surface area contributed by atoms with Gasteiger partial charge in [0.05, 0.1) is 13.0 Å². The molecule has 4 heteroatoms. The molecule has 0 atom stereocenters. The number of carboxylic acid groups (broad SMARTS) is 1. The molecule has 0 amide bonds. The summed E-state index contributed by atoms with van der Waals surface area (Å²) in [6, 6.07) is 19.9. The maximum absolute atomic E-state index is 10.8. The second-order valence-corrected chi connectivity index (χ2v) is 5.14. The summed E-state index contributed by atoms with van der Waals surface area (Å²) in [5.41, 5.74) is 3.18. The van der Waals surface area contributed by atoms with Crippen molar-refractivity contribution in [2.24, 2.45) is 0 Å². The minimum atomic E-state index is -0.821. The number of benzene rings is 2. The van der Waals surface area contributed by atoms with Crippen molar-refractivity contribution in [1.29, 1.82) is 0 Å². The lowest BCUT2D eigenvalue weighted by Crippen LogP contribution is -2.22. The lowest BCUT2D eigenvalue weighted by molar-refractivity contribution is -0.140. The van der Waals surface area contributed by atoms with Gasteiger partial charge < -0.3 is 9.94 Å². The Morgan fingerprint density at radius 3 is 2.18 bits per heavy atom. The highest BCUT2D eigenvalue weighted by Crippen LogP contribution is 2.34. The Morgan fingerprint density at radius 1 is 1.00 bits per heavy atom. The first-order chi connectivity index (χ1) is 10.7. The van der Waals surface area contributed by atoms with E-state index < -0.39 is 5.97 Å². The molecule has 2 aromatic rings. The molecule has 1 aliphatic rings. The molecule has 0 radical (unpaired) electrons. The average molecular weight is 295 g/mol. The third-order valence-electron chi connectivity index (χ3n) is 3.56. The highest BCUT2D eigenvalue weighted by Gasteiger charge is 2.26. The Hall–Kier alpha value is -2.59. The molecule has 0 aliphatic carbocycles. The second kappa shape index (κ2) is 6.45. The number of hydrogen-bond donors (Lipinski definition) is 1. The fourth-order valence-electron chi connectivity index (χ4n) is 2.49. The lowest BCUT2D eigenvalue weighted by atomic mass is 10.0. The van der Waals surface area contributed by atoms with Crippen molar-refractivity contribution >= 4 is 17.3 Å². The fraction of sp³-hybridized carbons (Fsp3) is 0.167. The second-order valence-electron chi connectivity index (χ2n) is 5.14. The van der Waals surface area contributed by atoms with Crippen LogP contribution in [0.3, 0.4) is 0 Å². The molecule has 0 bridgehead atoms. The van der Waals surface area contributed by atoms with Crippen LogP contribution in [0.25, 0.3) is 11.3 Å². The van der Waals surface area contributed by atoms with Crippen LogP contribution in [0.1, 0.15) is 17.5 Å². The van der Waals surface area contributed by atoms with Crippen LogP contribution in [0, 0.1) is 0 Å². The zero-order valence-electron chi connectivity index (χ0n) is 12.1. The first kappa shape index (κ1) is 14.4.